The maximum absolute atomic E-state index is 14.1. The first-order valence-electron chi connectivity index (χ1n) is 7.61. The predicted octanol–water partition coefficient (Wildman–Crippen LogP) is 3.23. The number of rotatable bonds is 4. The lowest BCUT2D eigenvalue weighted by Crippen LogP contribution is -2.51. The zero-order chi connectivity index (χ0) is 16.4. The van der Waals surface area contributed by atoms with Crippen LogP contribution in [-0.2, 0) is 12.1 Å². The van der Waals surface area contributed by atoms with Gasteiger partial charge in [-0.05, 0) is 43.0 Å². The fourth-order valence-electron chi connectivity index (χ4n) is 2.95. The van der Waals surface area contributed by atoms with Crippen LogP contribution in [-0.4, -0.2) is 5.91 Å². The lowest BCUT2D eigenvalue weighted by atomic mass is 9.71. The largest absolute Gasteiger partial charge is 0.342 e. The van der Waals surface area contributed by atoms with E-state index in [4.69, 9.17) is 5.73 Å². The van der Waals surface area contributed by atoms with Crippen molar-refractivity contribution in [3.8, 4) is 0 Å². The third-order valence-electron chi connectivity index (χ3n) is 4.46. The number of hydrogen-bond acceptors (Lipinski definition) is 2. The highest BCUT2D eigenvalue weighted by Gasteiger charge is 2.42. The number of halogens is 2. The summed E-state index contributed by atoms with van der Waals surface area (Å²) >= 11 is 0. The van der Waals surface area contributed by atoms with Gasteiger partial charge in [0.05, 0.1) is 5.54 Å². The molecule has 23 heavy (non-hydrogen) atoms. The molecule has 0 spiro atoms. The number of carbonyl (C=O) groups excluding carboxylic acids is 1. The maximum atomic E-state index is 14.1. The van der Waals surface area contributed by atoms with Gasteiger partial charge in [0.2, 0.25) is 0 Å². The molecule has 1 aliphatic carbocycles. The Hall–Kier alpha value is -2.27. The molecule has 1 fully saturated rings. The van der Waals surface area contributed by atoms with Crippen LogP contribution in [0.4, 0.5) is 8.78 Å². The van der Waals surface area contributed by atoms with Crippen molar-refractivity contribution >= 4 is 5.91 Å². The molecule has 2 aromatic carbocycles. The zero-order valence-electron chi connectivity index (χ0n) is 12.6. The van der Waals surface area contributed by atoms with Gasteiger partial charge in [-0.3, -0.25) is 4.79 Å². The molecule has 5 heteroatoms. The van der Waals surface area contributed by atoms with E-state index in [1.54, 1.807) is 24.3 Å². The monoisotopic (exact) mass is 316 g/mol. The van der Waals surface area contributed by atoms with Crippen LogP contribution in [0.1, 0.15) is 40.7 Å². The number of nitrogens with two attached hydrogens (primary N) is 1. The van der Waals surface area contributed by atoms with E-state index >= 15 is 0 Å². The van der Waals surface area contributed by atoms with E-state index in [9.17, 15) is 13.6 Å². The molecule has 1 amide bonds. The summed E-state index contributed by atoms with van der Waals surface area (Å²) in [7, 11) is 0. The van der Waals surface area contributed by atoms with Gasteiger partial charge in [0.15, 0.2) is 0 Å². The van der Waals surface area contributed by atoms with Crippen LogP contribution in [0.2, 0.25) is 0 Å². The van der Waals surface area contributed by atoms with Gasteiger partial charge in [-0.1, -0.05) is 18.2 Å². The Bertz CT molecular complexity index is 724. The van der Waals surface area contributed by atoms with Gasteiger partial charge in [0.25, 0.3) is 5.91 Å². The number of amides is 1. The van der Waals surface area contributed by atoms with Gasteiger partial charge >= 0.3 is 0 Å². The smallest absolute Gasteiger partial charge is 0.251 e. The van der Waals surface area contributed by atoms with Crippen LogP contribution in [0.5, 0.6) is 0 Å². The lowest BCUT2D eigenvalue weighted by Gasteiger charge is -2.43. The summed E-state index contributed by atoms with van der Waals surface area (Å²) in [5.41, 5.74) is 6.57. The molecule has 0 heterocycles. The van der Waals surface area contributed by atoms with Gasteiger partial charge in [-0.25, -0.2) is 8.78 Å². The number of hydrogen-bond donors (Lipinski definition) is 2. The van der Waals surface area contributed by atoms with Crippen LogP contribution in [0.25, 0.3) is 0 Å². The van der Waals surface area contributed by atoms with E-state index in [-0.39, 0.29) is 5.91 Å². The van der Waals surface area contributed by atoms with Crippen molar-refractivity contribution in [3.63, 3.8) is 0 Å². The Labute approximate surface area is 133 Å². The number of nitrogens with one attached hydrogen (secondary N) is 1. The minimum atomic E-state index is -0.749. The third-order valence-corrected chi connectivity index (χ3v) is 4.46. The summed E-state index contributed by atoms with van der Waals surface area (Å²) < 4.78 is 27.2. The quantitative estimate of drug-likeness (QED) is 0.910. The molecule has 0 bridgehead atoms. The van der Waals surface area contributed by atoms with Gasteiger partial charge in [-0.2, -0.15) is 0 Å². The van der Waals surface area contributed by atoms with Crippen LogP contribution in [0.15, 0.2) is 42.5 Å². The molecule has 1 aliphatic rings. The topological polar surface area (TPSA) is 55.1 Å². The van der Waals surface area contributed by atoms with E-state index in [1.165, 1.54) is 12.1 Å². The van der Waals surface area contributed by atoms with E-state index in [0.29, 0.717) is 30.5 Å². The normalized spacial score (nSPS) is 15.8. The molecule has 0 unspecified atom stereocenters. The van der Waals surface area contributed by atoms with E-state index in [0.717, 1.165) is 18.1 Å². The first-order valence-corrected chi connectivity index (χ1v) is 7.61. The van der Waals surface area contributed by atoms with Gasteiger partial charge in [0, 0.05) is 23.7 Å². The zero-order valence-corrected chi connectivity index (χ0v) is 12.6. The Morgan fingerprint density at radius 3 is 2.35 bits per heavy atom. The molecule has 0 aromatic heterocycles. The highest BCUT2D eigenvalue weighted by molar-refractivity contribution is 5.94. The highest BCUT2D eigenvalue weighted by atomic mass is 19.1. The minimum absolute atomic E-state index is 0.267. The maximum Gasteiger partial charge on any atom is 0.251 e. The van der Waals surface area contributed by atoms with Gasteiger partial charge in [-0.15, -0.1) is 0 Å². The molecule has 0 saturated heterocycles. The first-order chi connectivity index (χ1) is 11.0. The van der Waals surface area contributed by atoms with E-state index < -0.39 is 17.2 Å². The van der Waals surface area contributed by atoms with Crippen molar-refractivity contribution in [1.82, 2.24) is 5.32 Å². The molecular formula is C18H18F2N2O. The minimum Gasteiger partial charge on any atom is -0.342 e. The lowest BCUT2D eigenvalue weighted by molar-refractivity contribution is 0.0818. The molecule has 0 radical (unpaired) electrons. The fraction of sp³-hybridized carbons (Fsp3) is 0.278. The van der Waals surface area contributed by atoms with Gasteiger partial charge < -0.3 is 11.1 Å². The van der Waals surface area contributed by atoms with Crippen molar-refractivity contribution in [2.45, 2.75) is 31.3 Å². The fourth-order valence-corrected chi connectivity index (χ4v) is 2.95. The highest BCUT2D eigenvalue weighted by Crippen LogP contribution is 2.42. The molecule has 2 aromatic rings. The summed E-state index contributed by atoms with van der Waals surface area (Å²) in [4.78, 5) is 12.5. The molecule has 0 atom stereocenters. The summed E-state index contributed by atoms with van der Waals surface area (Å²) in [6, 6.07) is 10.5. The van der Waals surface area contributed by atoms with Crippen LogP contribution >= 0.6 is 0 Å². The summed E-state index contributed by atoms with van der Waals surface area (Å²) in [5, 5.41) is 2.93. The average molecular weight is 316 g/mol. The van der Waals surface area contributed by atoms with Gasteiger partial charge in [0.1, 0.15) is 11.6 Å². The summed E-state index contributed by atoms with van der Waals surface area (Å²) in [5.74, 6) is -1.51. The van der Waals surface area contributed by atoms with Crippen LogP contribution < -0.4 is 11.1 Å². The standard InChI is InChI=1S/C18H18F2N2O/c19-14-6-7-15(16(20)10-14)18(8-1-9-18)22-17(23)13-4-2-12(11-21)3-5-13/h2-7,10H,1,8-9,11,21H2,(H,22,23). The first kappa shape index (κ1) is 15.6. The predicted molar refractivity (Wildman–Crippen MR) is 83.7 cm³/mol. The van der Waals surface area contributed by atoms with Crippen molar-refractivity contribution in [2.75, 3.05) is 0 Å². The summed E-state index contributed by atoms with van der Waals surface area (Å²) in [6.45, 7) is 0.409. The summed E-state index contributed by atoms with van der Waals surface area (Å²) in [6.07, 6.45) is 2.17. The van der Waals surface area contributed by atoms with Crippen molar-refractivity contribution in [3.05, 3.63) is 70.8 Å². The Balaban J connectivity index is 1.84. The third kappa shape index (κ3) is 2.97. The second kappa shape index (κ2) is 6.08. The SMILES string of the molecule is NCc1ccc(C(=O)NC2(c3ccc(F)cc3F)CCC2)cc1. The van der Waals surface area contributed by atoms with E-state index in [2.05, 4.69) is 5.32 Å². The molecule has 1 saturated carbocycles. The molecular weight excluding hydrogens is 298 g/mol. The molecule has 3 N–H and O–H groups in total. The number of carbonyl (C=O) groups is 1. The second-order valence-corrected chi connectivity index (χ2v) is 5.92. The molecule has 0 aliphatic heterocycles. The van der Waals surface area contributed by atoms with Crippen molar-refractivity contribution < 1.29 is 13.6 Å². The Morgan fingerprint density at radius 2 is 1.83 bits per heavy atom. The molecule has 3 rings (SSSR count). The van der Waals surface area contributed by atoms with Crippen molar-refractivity contribution in [1.29, 1.82) is 0 Å². The second-order valence-electron chi connectivity index (χ2n) is 5.92. The Morgan fingerprint density at radius 1 is 1.13 bits per heavy atom. The van der Waals surface area contributed by atoms with Crippen LogP contribution in [0, 0.1) is 11.6 Å². The Kier molecular flexibility index (Phi) is 4.13. The molecule has 3 nitrogen and oxygen atoms in total. The van der Waals surface area contributed by atoms with E-state index in [1.807, 2.05) is 0 Å². The van der Waals surface area contributed by atoms with Crippen molar-refractivity contribution in [2.24, 2.45) is 5.73 Å². The number of benzene rings is 2. The van der Waals surface area contributed by atoms with Crippen LogP contribution in [0.3, 0.4) is 0 Å². The average Bonchev–Trinajstić information content (AvgIpc) is 2.51. The molecule has 120 valence electrons.